The number of nitrogens with zero attached hydrogens (tertiary/aromatic N) is 2. The Balaban J connectivity index is 2.58. The minimum absolute atomic E-state index is 0.0499. The molecule has 0 spiro atoms. The van der Waals surface area contributed by atoms with E-state index in [-0.39, 0.29) is 24.2 Å². The van der Waals surface area contributed by atoms with E-state index in [0.717, 1.165) is 5.56 Å². The molecule has 0 unspecified atom stereocenters. The summed E-state index contributed by atoms with van der Waals surface area (Å²) in [5, 5.41) is 0. The van der Waals surface area contributed by atoms with E-state index in [4.69, 9.17) is 0 Å². The molecule has 5 heteroatoms. The first kappa shape index (κ1) is 16.9. The third-order valence-electron chi connectivity index (χ3n) is 3.15. The van der Waals surface area contributed by atoms with Gasteiger partial charge >= 0.3 is 0 Å². The fourth-order valence-electron chi connectivity index (χ4n) is 1.83. The number of likely N-dealkylation sites (N-methyl/N-ethyl adjacent to an activating group) is 2. The summed E-state index contributed by atoms with van der Waals surface area (Å²) >= 11 is 0. The molecule has 21 heavy (non-hydrogen) atoms. The van der Waals surface area contributed by atoms with Crippen LogP contribution in [0.4, 0.5) is 4.39 Å². The van der Waals surface area contributed by atoms with E-state index in [1.807, 2.05) is 13.8 Å². The Kier molecular flexibility index (Phi) is 6.59. The molecule has 0 aromatic heterocycles. The van der Waals surface area contributed by atoms with Crippen LogP contribution >= 0.6 is 0 Å². The minimum Gasteiger partial charge on any atom is -0.342 e. The standard InChI is InChI=1S/C16H21FN2O2/c1-4-19(5-2)16(21)12-18(3)15(20)11-8-13-6-9-14(17)10-7-13/h6-11H,4-5,12H2,1-3H3/b11-8+. The van der Waals surface area contributed by atoms with E-state index >= 15 is 0 Å². The molecule has 0 heterocycles. The molecule has 0 atom stereocenters. The predicted molar refractivity (Wildman–Crippen MR) is 81.0 cm³/mol. The van der Waals surface area contributed by atoms with Crippen molar-refractivity contribution in [2.75, 3.05) is 26.7 Å². The maximum Gasteiger partial charge on any atom is 0.246 e. The van der Waals surface area contributed by atoms with Crippen LogP contribution in [0.1, 0.15) is 19.4 Å². The second-order valence-corrected chi connectivity index (χ2v) is 4.65. The molecule has 0 radical (unpaired) electrons. The molecular formula is C16H21FN2O2. The van der Waals surface area contributed by atoms with Gasteiger partial charge in [-0.1, -0.05) is 12.1 Å². The molecule has 0 bridgehead atoms. The number of hydrogen-bond donors (Lipinski definition) is 0. The SMILES string of the molecule is CCN(CC)C(=O)CN(C)C(=O)/C=C/c1ccc(F)cc1. The van der Waals surface area contributed by atoms with Crippen LogP contribution in [0, 0.1) is 5.82 Å². The van der Waals surface area contributed by atoms with E-state index in [9.17, 15) is 14.0 Å². The molecule has 0 N–H and O–H groups in total. The van der Waals surface area contributed by atoms with Gasteiger partial charge in [0.1, 0.15) is 5.82 Å². The Morgan fingerprint density at radius 2 is 1.71 bits per heavy atom. The van der Waals surface area contributed by atoms with Crippen LogP contribution < -0.4 is 0 Å². The van der Waals surface area contributed by atoms with Gasteiger partial charge in [0.05, 0.1) is 6.54 Å². The van der Waals surface area contributed by atoms with Crippen LogP contribution in [0.2, 0.25) is 0 Å². The van der Waals surface area contributed by atoms with Crippen molar-refractivity contribution in [1.82, 2.24) is 9.80 Å². The smallest absolute Gasteiger partial charge is 0.246 e. The Bertz CT molecular complexity index is 508. The molecule has 0 aliphatic rings. The van der Waals surface area contributed by atoms with Crippen LogP contribution in [0.5, 0.6) is 0 Å². The summed E-state index contributed by atoms with van der Waals surface area (Å²) in [5.74, 6) is -0.661. The molecule has 1 aromatic carbocycles. The number of carbonyl (C=O) groups excluding carboxylic acids is 2. The van der Waals surface area contributed by atoms with Gasteiger partial charge in [0, 0.05) is 26.2 Å². The van der Waals surface area contributed by atoms with Crippen molar-refractivity contribution in [3.63, 3.8) is 0 Å². The van der Waals surface area contributed by atoms with Crippen LogP contribution in [0.15, 0.2) is 30.3 Å². The molecule has 4 nitrogen and oxygen atoms in total. The van der Waals surface area contributed by atoms with Gasteiger partial charge in [-0.05, 0) is 37.6 Å². The van der Waals surface area contributed by atoms with Gasteiger partial charge in [-0.2, -0.15) is 0 Å². The van der Waals surface area contributed by atoms with Crippen molar-refractivity contribution in [2.24, 2.45) is 0 Å². The molecule has 0 saturated carbocycles. The number of benzene rings is 1. The summed E-state index contributed by atoms with van der Waals surface area (Å²) in [7, 11) is 1.58. The highest BCUT2D eigenvalue weighted by Crippen LogP contribution is 2.05. The quantitative estimate of drug-likeness (QED) is 0.754. The van der Waals surface area contributed by atoms with Crippen molar-refractivity contribution >= 4 is 17.9 Å². The van der Waals surface area contributed by atoms with E-state index in [1.165, 1.54) is 23.1 Å². The van der Waals surface area contributed by atoms with Gasteiger partial charge in [-0.3, -0.25) is 9.59 Å². The van der Waals surface area contributed by atoms with Gasteiger partial charge in [0.2, 0.25) is 11.8 Å². The first-order chi connectivity index (χ1) is 9.97. The summed E-state index contributed by atoms with van der Waals surface area (Å²) in [6.07, 6.45) is 2.98. The molecule has 2 amide bonds. The van der Waals surface area contributed by atoms with Crippen molar-refractivity contribution < 1.29 is 14.0 Å². The van der Waals surface area contributed by atoms with Crippen molar-refractivity contribution in [1.29, 1.82) is 0 Å². The summed E-state index contributed by atoms with van der Waals surface area (Å²) < 4.78 is 12.8. The number of carbonyl (C=O) groups is 2. The zero-order valence-electron chi connectivity index (χ0n) is 12.7. The van der Waals surface area contributed by atoms with Gasteiger partial charge in [0.15, 0.2) is 0 Å². The van der Waals surface area contributed by atoms with Gasteiger partial charge < -0.3 is 9.80 Å². The van der Waals surface area contributed by atoms with Gasteiger partial charge in [-0.25, -0.2) is 4.39 Å². The average Bonchev–Trinajstić information content (AvgIpc) is 2.47. The highest BCUT2D eigenvalue weighted by molar-refractivity contribution is 5.94. The van der Waals surface area contributed by atoms with Gasteiger partial charge in [0.25, 0.3) is 0 Å². The number of amides is 2. The molecule has 1 aromatic rings. The lowest BCUT2D eigenvalue weighted by Gasteiger charge is -2.22. The summed E-state index contributed by atoms with van der Waals surface area (Å²) in [5.41, 5.74) is 0.730. The van der Waals surface area contributed by atoms with Crippen molar-refractivity contribution in [2.45, 2.75) is 13.8 Å². The largest absolute Gasteiger partial charge is 0.342 e. The molecular weight excluding hydrogens is 271 g/mol. The number of hydrogen-bond acceptors (Lipinski definition) is 2. The molecule has 0 aliphatic carbocycles. The third-order valence-corrected chi connectivity index (χ3v) is 3.15. The summed E-state index contributed by atoms with van der Waals surface area (Å²) in [4.78, 5) is 26.8. The zero-order valence-corrected chi connectivity index (χ0v) is 12.7. The van der Waals surface area contributed by atoms with Crippen LogP contribution in [0.3, 0.4) is 0 Å². The molecule has 114 valence electrons. The number of halogens is 1. The average molecular weight is 292 g/mol. The summed E-state index contributed by atoms with van der Waals surface area (Å²) in [6.45, 7) is 5.11. The maximum atomic E-state index is 12.8. The van der Waals surface area contributed by atoms with Gasteiger partial charge in [-0.15, -0.1) is 0 Å². The monoisotopic (exact) mass is 292 g/mol. The Morgan fingerprint density at radius 3 is 2.24 bits per heavy atom. The molecule has 0 aliphatic heterocycles. The third kappa shape index (κ3) is 5.38. The fraction of sp³-hybridized carbons (Fsp3) is 0.375. The first-order valence-corrected chi connectivity index (χ1v) is 6.94. The van der Waals surface area contributed by atoms with E-state index in [1.54, 1.807) is 30.2 Å². The zero-order chi connectivity index (χ0) is 15.8. The minimum atomic E-state index is -0.319. The second kappa shape index (κ2) is 8.19. The second-order valence-electron chi connectivity index (χ2n) is 4.65. The van der Waals surface area contributed by atoms with Crippen LogP contribution in [0.25, 0.3) is 6.08 Å². The lowest BCUT2D eigenvalue weighted by Crippen LogP contribution is -2.40. The fourth-order valence-corrected chi connectivity index (χ4v) is 1.83. The van der Waals surface area contributed by atoms with Crippen LogP contribution in [-0.4, -0.2) is 48.3 Å². The normalized spacial score (nSPS) is 10.7. The maximum absolute atomic E-state index is 12.8. The van der Waals surface area contributed by atoms with E-state index in [2.05, 4.69) is 0 Å². The van der Waals surface area contributed by atoms with Crippen molar-refractivity contribution in [3.05, 3.63) is 41.7 Å². The number of rotatable bonds is 6. The first-order valence-electron chi connectivity index (χ1n) is 6.94. The lowest BCUT2D eigenvalue weighted by molar-refractivity contribution is -0.136. The summed E-state index contributed by atoms with van der Waals surface area (Å²) in [6, 6.07) is 5.83. The Morgan fingerprint density at radius 1 is 1.14 bits per heavy atom. The predicted octanol–water partition coefficient (Wildman–Crippen LogP) is 2.17. The highest BCUT2D eigenvalue weighted by Gasteiger charge is 2.14. The Labute approximate surface area is 124 Å². The van der Waals surface area contributed by atoms with Crippen molar-refractivity contribution in [3.8, 4) is 0 Å². The van der Waals surface area contributed by atoms with E-state index in [0.29, 0.717) is 13.1 Å². The molecule has 0 saturated heterocycles. The topological polar surface area (TPSA) is 40.6 Å². The lowest BCUT2D eigenvalue weighted by atomic mass is 10.2. The molecule has 1 rings (SSSR count). The van der Waals surface area contributed by atoms with E-state index < -0.39 is 0 Å². The van der Waals surface area contributed by atoms with Crippen LogP contribution in [-0.2, 0) is 9.59 Å². The Hall–Kier alpha value is -2.17. The highest BCUT2D eigenvalue weighted by atomic mass is 19.1. The molecule has 0 fully saturated rings.